The Labute approximate surface area is 153 Å². The molecule has 6 nitrogen and oxygen atoms in total. The zero-order chi connectivity index (χ0) is 18.1. The Morgan fingerprint density at radius 1 is 1.20 bits per heavy atom. The van der Waals surface area contributed by atoms with Gasteiger partial charge in [-0.05, 0) is 55.2 Å². The molecule has 2 amide bonds. The molecule has 1 fully saturated rings. The number of benzene rings is 1. The standard InChI is InChI=1S/C18H23N3O3S/c1-2-11-24-15-9-7-14(8-10-15)17(23)20-21-18(25)19-16(22)12-13-5-3-4-6-13/h2,7-10,13H,1,3-6,11-12H2,(H,20,23)(H2,19,21,22,25). The maximum Gasteiger partial charge on any atom is 0.269 e. The molecule has 1 aliphatic rings. The van der Waals surface area contributed by atoms with Gasteiger partial charge in [0, 0.05) is 12.0 Å². The summed E-state index contributed by atoms with van der Waals surface area (Å²) < 4.78 is 5.35. The Hall–Kier alpha value is -2.41. The lowest BCUT2D eigenvalue weighted by Crippen LogP contribution is -2.48. The van der Waals surface area contributed by atoms with E-state index >= 15 is 0 Å². The lowest BCUT2D eigenvalue weighted by molar-refractivity contribution is -0.120. The summed E-state index contributed by atoms with van der Waals surface area (Å²) in [5.74, 6) is 0.614. The highest BCUT2D eigenvalue weighted by Gasteiger charge is 2.18. The number of amides is 2. The number of rotatable bonds is 6. The summed E-state index contributed by atoms with van der Waals surface area (Å²) in [4.78, 5) is 23.9. The molecule has 0 unspecified atom stereocenters. The van der Waals surface area contributed by atoms with Crippen LogP contribution < -0.4 is 20.9 Å². The first-order chi connectivity index (χ1) is 12.1. The average Bonchev–Trinajstić information content (AvgIpc) is 3.11. The highest BCUT2D eigenvalue weighted by Crippen LogP contribution is 2.27. The summed E-state index contributed by atoms with van der Waals surface area (Å²) in [6, 6.07) is 6.66. The van der Waals surface area contributed by atoms with Gasteiger partial charge >= 0.3 is 0 Å². The van der Waals surface area contributed by atoms with E-state index in [2.05, 4.69) is 22.7 Å². The molecule has 2 rings (SSSR count). The largest absolute Gasteiger partial charge is 0.490 e. The van der Waals surface area contributed by atoms with Crippen molar-refractivity contribution in [2.75, 3.05) is 6.61 Å². The number of carbonyl (C=O) groups excluding carboxylic acids is 2. The lowest BCUT2D eigenvalue weighted by Gasteiger charge is -2.12. The van der Waals surface area contributed by atoms with Crippen LogP contribution in [-0.4, -0.2) is 23.5 Å². The third kappa shape index (κ3) is 6.54. The zero-order valence-corrected chi connectivity index (χ0v) is 14.9. The van der Waals surface area contributed by atoms with E-state index in [1.807, 2.05) is 0 Å². The second-order valence-corrected chi connectivity index (χ2v) is 6.34. The van der Waals surface area contributed by atoms with Crippen molar-refractivity contribution in [3.8, 4) is 5.75 Å². The second kappa shape index (κ2) is 9.78. The first-order valence-corrected chi connectivity index (χ1v) is 8.73. The van der Waals surface area contributed by atoms with Crippen LogP contribution in [0.15, 0.2) is 36.9 Å². The van der Waals surface area contributed by atoms with Crippen LogP contribution in [0.5, 0.6) is 5.75 Å². The van der Waals surface area contributed by atoms with Gasteiger partial charge in [-0.1, -0.05) is 25.5 Å². The molecule has 0 aromatic heterocycles. The maximum absolute atomic E-state index is 12.0. The Bertz CT molecular complexity index is 625. The molecular formula is C18H23N3O3S. The van der Waals surface area contributed by atoms with Gasteiger partial charge in [-0.25, -0.2) is 0 Å². The van der Waals surface area contributed by atoms with Crippen molar-refractivity contribution < 1.29 is 14.3 Å². The number of carbonyl (C=O) groups is 2. The Balaban J connectivity index is 1.71. The van der Waals surface area contributed by atoms with Gasteiger partial charge in [0.15, 0.2) is 5.11 Å². The van der Waals surface area contributed by atoms with Gasteiger partial charge in [-0.2, -0.15) is 0 Å². The SMILES string of the molecule is C=CCOc1ccc(C(=O)NNC(=S)NC(=O)CC2CCCC2)cc1. The lowest BCUT2D eigenvalue weighted by atomic mass is 10.0. The molecule has 25 heavy (non-hydrogen) atoms. The van der Waals surface area contributed by atoms with Crippen LogP contribution in [0, 0.1) is 5.92 Å². The third-order valence-electron chi connectivity index (χ3n) is 3.98. The van der Waals surface area contributed by atoms with Crippen LogP contribution in [0.2, 0.25) is 0 Å². The van der Waals surface area contributed by atoms with Crippen LogP contribution in [0.3, 0.4) is 0 Å². The first-order valence-electron chi connectivity index (χ1n) is 8.32. The van der Waals surface area contributed by atoms with Gasteiger partial charge in [-0.15, -0.1) is 0 Å². The monoisotopic (exact) mass is 361 g/mol. The van der Waals surface area contributed by atoms with Gasteiger partial charge in [0.1, 0.15) is 12.4 Å². The van der Waals surface area contributed by atoms with Crippen LogP contribution >= 0.6 is 12.2 Å². The molecule has 0 radical (unpaired) electrons. The van der Waals surface area contributed by atoms with E-state index < -0.39 is 0 Å². The number of ether oxygens (including phenoxy) is 1. The van der Waals surface area contributed by atoms with Gasteiger partial charge in [0.2, 0.25) is 5.91 Å². The van der Waals surface area contributed by atoms with Crippen molar-refractivity contribution in [1.82, 2.24) is 16.2 Å². The summed E-state index contributed by atoms with van der Waals surface area (Å²) in [6.45, 7) is 3.98. The molecule has 0 heterocycles. The summed E-state index contributed by atoms with van der Waals surface area (Å²) in [5, 5.41) is 2.67. The summed E-state index contributed by atoms with van der Waals surface area (Å²) in [7, 11) is 0. The average molecular weight is 361 g/mol. The number of thiocarbonyl (C=S) groups is 1. The molecular weight excluding hydrogens is 338 g/mol. The number of hydrogen-bond donors (Lipinski definition) is 3. The topological polar surface area (TPSA) is 79.5 Å². The molecule has 7 heteroatoms. The van der Waals surface area contributed by atoms with Crippen LogP contribution in [-0.2, 0) is 4.79 Å². The van der Waals surface area contributed by atoms with E-state index in [1.165, 1.54) is 12.8 Å². The fourth-order valence-corrected chi connectivity index (χ4v) is 2.89. The minimum atomic E-state index is -0.359. The summed E-state index contributed by atoms with van der Waals surface area (Å²) in [6.07, 6.45) is 6.68. The smallest absolute Gasteiger partial charge is 0.269 e. The maximum atomic E-state index is 12.0. The molecule has 3 N–H and O–H groups in total. The van der Waals surface area contributed by atoms with E-state index in [4.69, 9.17) is 17.0 Å². The second-order valence-electron chi connectivity index (χ2n) is 5.94. The predicted molar refractivity (Wildman–Crippen MR) is 100 cm³/mol. The van der Waals surface area contributed by atoms with Gasteiger partial charge < -0.3 is 10.1 Å². The molecule has 1 aromatic rings. The highest BCUT2D eigenvalue weighted by atomic mass is 32.1. The predicted octanol–water partition coefficient (Wildman–Crippen LogP) is 2.47. The molecule has 134 valence electrons. The molecule has 0 bridgehead atoms. The molecule has 0 spiro atoms. The highest BCUT2D eigenvalue weighted by molar-refractivity contribution is 7.80. The first kappa shape index (κ1) is 18.9. The van der Waals surface area contributed by atoms with Crippen LogP contribution in [0.4, 0.5) is 0 Å². The van der Waals surface area contributed by atoms with E-state index in [1.54, 1.807) is 30.3 Å². The summed E-state index contributed by atoms with van der Waals surface area (Å²) >= 11 is 5.02. The normalized spacial score (nSPS) is 13.8. The molecule has 0 saturated heterocycles. The van der Waals surface area contributed by atoms with E-state index in [-0.39, 0.29) is 16.9 Å². The van der Waals surface area contributed by atoms with Crippen molar-refractivity contribution in [3.05, 3.63) is 42.5 Å². The van der Waals surface area contributed by atoms with Crippen molar-refractivity contribution in [2.45, 2.75) is 32.1 Å². The zero-order valence-electron chi connectivity index (χ0n) is 14.0. The molecule has 1 aromatic carbocycles. The van der Waals surface area contributed by atoms with Crippen molar-refractivity contribution in [1.29, 1.82) is 0 Å². The van der Waals surface area contributed by atoms with Crippen molar-refractivity contribution in [2.24, 2.45) is 5.92 Å². The molecule has 1 aliphatic carbocycles. The van der Waals surface area contributed by atoms with E-state index in [9.17, 15) is 9.59 Å². The van der Waals surface area contributed by atoms with Gasteiger partial charge in [0.05, 0.1) is 0 Å². The van der Waals surface area contributed by atoms with E-state index in [0.717, 1.165) is 12.8 Å². The molecule has 0 aliphatic heterocycles. The van der Waals surface area contributed by atoms with Gasteiger partial charge in [-0.3, -0.25) is 20.4 Å². The van der Waals surface area contributed by atoms with Crippen molar-refractivity contribution in [3.63, 3.8) is 0 Å². The minimum Gasteiger partial charge on any atom is -0.490 e. The summed E-state index contributed by atoms with van der Waals surface area (Å²) in [5.41, 5.74) is 5.44. The third-order valence-corrected chi connectivity index (χ3v) is 4.18. The number of hydrogen-bond acceptors (Lipinski definition) is 4. The van der Waals surface area contributed by atoms with Crippen LogP contribution in [0.1, 0.15) is 42.5 Å². The Morgan fingerprint density at radius 2 is 1.88 bits per heavy atom. The van der Waals surface area contributed by atoms with Crippen LogP contribution in [0.25, 0.3) is 0 Å². The Morgan fingerprint density at radius 3 is 2.52 bits per heavy atom. The van der Waals surface area contributed by atoms with Gasteiger partial charge in [0.25, 0.3) is 5.91 Å². The number of hydrazine groups is 1. The molecule has 0 atom stereocenters. The number of nitrogens with one attached hydrogen (secondary N) is 3. The quantitative estimate of drug-likeness (QED) is 0.412. The fourth-order valence-electron chi connectivity index (χ4n) is 2.73. The Kier molecular flexibility index (Phi) is 7.40. The minimum absolute atomic E-state index is 0.0854. The van der Waals surface area contributed by atoms with Crippen molar-refractivity contribution >= 4 is 29.1 Å². The fraction of sp³-hybridized carbons (Fsp3) is 0.389. The van der Waals surface area contributed by atoms with E-state index in [0.29, 0.717) is 30.3 Å². The molecule has 1 saturated carbocycles.